The number of fused-ring (bicyclic) bond motifs is 2. The summed E-state index contributed by atoms with van der Waals surface area (Å²) in [7, 11) is 3.61. The number of anilines is 6. The molecule has 0 radical (unpaired) electrons. The Morgan fingerprint density at radius 2 is 1.60 bits per heavy atom. The van der Waals surface area contributed by atoms with E-state index in [1.807, 2.05) is 75.2 Å². The normalized spacial score (nSPS) is 14.0. The molecule has 6 aromatic rings. The molecule has 0 saturated carbocycles. The van der Waals surface area contributed by atoms with E-state index >= 15 is 0 Å². The number of nitrogens with zero attached hydrogens (tertiary/aromatic N) is 8. The van der Waals surface area contributed by atoms with E-state index < -0.39 is 0 Å². The molecular weight excluding hydrogens is 805 g/mol. The summed E-state index contributed by atoms with van der Waals surface area (Å²) in [6, 6.07) is 22.8. The summed E-state index contributed by atoms with van der Waals surface area (Å²) < 4.78 is 13.3. The number of hydrogen-bond acceptors (Lipinski definition) is 14. The van der Waals surface area contributed by atoms with E-state index in [2.05, 4.69) is 30.7 Å². The van der Waals surface area contributed by atoms with E-state index in [1.54, 1.807) is 48.5 Å². The highest BCUT2D eigenvalue weighted by atomic mass is 16.5. The molecule has 0 aliphatic carbocycles. The highest BCUT2D eigenvalue weighted by Crippen LogP contribution is 2.40. The van der Waals surface area contributed by atoms with E-state index in [1.165, 1.54) is 10.6 Å². The van der Waals surface area contributed by atoms with Crippen LogP contribution in [0.25, 0.3) is 17.1 Å². The zero-order valence-corrected chi connectivity index (χ0v) is 35.7. The Hall–Kier alpha value is -7.56. The number of para-hydroxylation sites is 1. The molecule has 17 heteroatoms. The first-order valence-corrected chi connectivity index (χ1v) is 20.9. The van der Waals surface area contributed by atoms with Crippen molar-refractivity contribution in [3.8, 4) is 46.1 Å². The summed E-state index contributed by atoms with van der Waals surface area (Å²) in [4.78, 5) is 41.6. The highest BCUT2D eigenvalue weighted by molar-refractivity contribution is 6.13. The van der Waals surface area contributed by atoms with Gasteiger partial charge in [0.05, 0.1) is 41.9 Å². The van der Waals surface area contributed by atoms with Gasteiger partial charge in [-0.15, -0.1) is 5.10 Å². The van der Waals surface area contributed by atoms with Gasteiger partial charge in [-0.1, -0.05) is 31.1 Å². The molecule has 5 N–H and O–H groups in total. The van der Waals surface area contributed by atoms with E-state index in [0.29, 0.717) is 90.4 Å². The molecule has 2 aliphatic heterocycles. The number of phenolic OH excluding ortho intramolecular Hbond substituents is 2. The monoisotopic (exact) mass is 854 g/mol. The number of amides is 2. The molecule has 2 aliphatic rings. The minimum Gasteiger partial charge on any atom is -0.508 e. The molecule has 0 unspecified atom stereocenters. The Morgan fingerprint density at radius 1 is 0.841 bits per heavy atom. The number of carbonyl (C=O) groups is 2. The Bertz CT molecular complexity index is 2640. The van der Waals surface area contributed by atoms with Crippen molar-refractivity contribution in [2.75, 3.05) is 67.0 Å². The van der Waals surface area contributed by atoms with Crippen molar-refractivity contribution in [3.05, 3.63) is 96.2 Å². The number of hydrogen-bond donors (Lipinski definition) is 5. The maximum atomic E-state index is 13.2. The van der Waals surface area contributed by atoms with Gasteiger partial charge in [0.1, 0.15) is 35.3 Å². The van der Waals surface area contributed by atoms with Crippen molar-refractivity contribution in [2.24, 2.45) is 5.92 Å². The minimum absolute atomic E-state index is 0.0203. The topological polar surface area (TPSA) is 204 Å². The van der Waals surface area contributed by atoms with E-state index in [9.17, 15) is 24.9 Å². The molecule has 1 fully saturated rings. The molecule has 0 bridgehead atoms. The van der Waals surface area contributed by atoms with Gasteiger partial charge in [-0.2, -0.15) is 4.98 Å². The number of carbonyl (C=O) groups excluding carboxylic acids is 2. The van der Waals surface area contributed by atoms with Gasteiger partial charge in [0.25, 0.3) is 5.91 Å². The average molecular weight is 855 g/mol. The number of piperidine rings is 1. The molecule has 4 heterocycles. The van der Waals surface area contributed by atoms with Crippen LogP contribution in [-0.2, 0) is 4.79 Å². The number of aromatic hydroxyl groups is 3. The number of rotatable bonds is 13. The first-order chi connectivity index (χ1) is 30.4. The Kier molecular flexibility index (Phi) is 11.9. The number of benzene rings is 4. The first kappa shape index (κ1) is 42.1. The Balaban J connectivity index is 0.855. The second-order valence-electron chi connectivity index (χ2n) is 15.8. The maximum Gasteiger partial charge on any atom is 0.319 e. The molecule has 2 amide bonds. The number of nitrogens with one attached hydrogen (secondary N) is 2. The summed E-state index contributed by atoms with van der Waals surface area (Å²) in [5.74, 6) is 1.86. The molecule has 0 atom stereocenters. The zero-order valence-electron chi connectivity index (χ0n) is 35.7. The lowest BCUT2D eigenvalue weighted by Crippen LogP contribution is -2.41. The van der Waals surface area contributed by atoms with E-state index in [-0.39, 0.29) is 53.6 Å². The van der Waals surface area contributed by atoms with Crippen molar-refractivity contribution in [1.82, 2.24) is 30.0 Å². The SMILES string of the molecule is CCOc1cc(Nc2ncc3c(n2)N(C)c2ccccc2C(=O)N3C)cc(N2CCC(C(=O)NCCOc3ccc(-n4c(O)nnc4-c4cc(C(C)C)c(O)cc4O)cc3)CC2)c1. The second-order valence-corrected chi connectivity index (χ2v) is 15.8. The lowest BCUT2D eigenvalue weighted by molar-refractivity contribution is -0.125. The van der Waals surface area contributed by atoms with Gasteiger partial charge in [0.2, 0.25) is 11.9 Å². The molecule has 0 spiro atoms. The van der Waals surface area contributed by atoms with Crippen molar-refractivity contribution >= 4 is 46.3 Å². The van der Waals surface area contributed by atoms with E-state index in [4.69, 9.17) is 14.5 Å². The van der Waals surface area contributed by atoms with Crippen molar-refractivity contribution < 1.29 is 34.4 Å². The quantitative estimate of drug-likeness (QED) is 0.0753. The van der Waals surface area contributed by atoms with Crippen molar-refractivity contribution in [2.45, 2.75) is 39.5 Å². The van der Waals surface area contributed by atoms with Gasteiger partial charge in [-0.25, -0.2) is 9.55 Å². The van der Waals surface area contributed by atoms with Crippen LogP contribution in [0.4, 0.5) is 34.5 Å². The fourth-order valence-electron chi connectivity index (χ4n) is 7.98. The van der Waals surface area contributed by atoms with Gasteiger partial charge in [-0.05, 0) is 79.8 Å². The van der Waals surface area contributed by atoms with Gasteiger partial charge >= 0.3 is 6.01 Å². The zero-order chi connectivity index (χ0) is 44.4. The van der Waals surface area contributed by atoms with Crippen molar-refractivity contribution in [3.63, 3.8) is 0 Å². The molecule has 4 aromatic carbocycles. The van der Waals surface area contributed by atoms with Crippen LogP contribution in [0.5, 0.6) is 29.0 Å². The van der Waals surface area contributed by atoms with E-state index in [0.717, 1.165) is 17.1 Å². The van der Waals surface area contributed by atoms with Crippen LogP contribution in [0.15, 0.2) is 85.1 Å². The van der Waals surface area contributed by atoms with Crippen molar-refractivity contribution in [1.29, 1.82) is 0 Å². The van der Waals surface area contributed by atoms with Crippen LogP contribution in [0.1, 0.15) is 55.5 Å². The van der Waals surface area contributed by atoms with Gasteiger partial charge in [0.15, 0.2) is 11.6 Å². The predicted molar refractivity (Wildman–Crippen MR) is 239 cm³/mol. The summed E-state index contributed by atoms with van der Waals surface area (Å²) >= 11 is 0. The third kappa shape index (κ3) is 8.67. The lowest BCUT2D eigenvalue weighted by atomic mass is 9.95. The largest absolute Gasteiger partial charge is 0.508 e. The summed E-state index contributed by atoms with van der Waals surface area (Å²) in [5.41, 5.74) is 5.08. The standard InChI is InChI=1S/C46H50N10O7/c1-6-62-33-22-29(49-45-48-26-38-42(50-45)53(4)37-10-8-7-9-34(37)44(60)54(38)5)21-31(23-33)55-18-15-28(16-19-55)43(59)47-17-20-63-32-13-11-30(12-14-32)56-41(51-52-46(56)61)36-24-35(27(2)3)39(57)25-40(36)58/h7-14,21-28,57-58H,6,15-20H2,1-5H3,(H,47,59)(H,52,61)(H,48,49,50). The molecular formula is C46H50N10O7. The molecule has 2 aromatic heterocycles. The average Bonchev–Trinajstić information content (AvgIpc) is 3.64. The molecule has 1 saturated heterocycles. The van der Waals surface area contributed by atoms with Crippen LogP contribution < -0.4 is 34.8 Å². The maximum absolute atomic E-state index is 13.2. The fraction of sp³-hybridized carbons (Fsp3) is 0.304. The summed E-state index contributed by atoms with van der Waals surface area (Å²) in [6.07, 6.45) is 2.99. The predicted octanol–water partition coefficient (Wildman–Crippen LogP) is 6.88. The molecule has 17 nitrogen and oxygen atoms in total. The third-order valence-electron chi connectivity index (χ3n) is 11.3. The highest BCUT2D eigenvalue weighted by Gasteiger charge is 2.30. The molecule has 8 rings (SSSR count). The molecule has 63 heavy (non-hydrogen) atoms. The van der Waals surface area contributed by atoms with Gasteiger partial charge in [0, 0.05) is 62.7 Å². The van der Waals surface area contributed by atoms with Crippen LogP contribution in [0.3, 0.4) is 0 Å². The molecule has 326 valence electrons. The fourth-order valence-corrected chi connectivity index (χ4v) is 7.98. The van der Waals surface area contributed by atoms with Crippen LogP contribution in [-0.4, -0.2) is 98.8 Å². The number of aromatic nitrogens is 5. The lowest BCUT2D eigenvalue weighted by Gasteiger charge is -2.33. The third-order valence-corrected chi connectivity index (χ3v) is 11.3. The number of phenols is 2. The summed E-state index contributed by atoms with van der Waals surface area (Å²) in [5, 5.41) is 45.8. The van der Waals surface area contributed by atoms with Gasteiger partial charge < -0.3 is 50.1 Å². The number of ether oxygens (including phenoxy) is 2. The second kappa shape index (κ2) is 17.8. The van der Waals surface area contributed by atoms with Gasteiger partial charge in [-0.3, -0.25) is 9.59 Å². The van der Waals surface area contributed by atoms with Crippen LogP contribution in [0, 0.1) is 5.92 Å². The Morgan fingerprint density at radius 3 is 2.35 bits per heavy atom. The minimum atomic E-state index is -0.368. The summed E-state index contributed by atoms with van der Waals surface area (Å²) in [6.45, 7) is 8.18. The van der Waals surface area contributed by atoms with Crippen LogP contribution in [0.2, 0.25) is 0 Å². The van der Waals surface area contributed by atoms with Crippen LogP contribution >= 0.6 is 0 Å². The smallest absolute Gasteiger partial charge is 0.319 e. The first-order valence-electron chi connectivity index (χ1n) is 20.9. The Labute approximate surface area is 364 Å².